The second-order valence-electron chi connectivity index (χ2n) is 5.36. The van der Waals surface area contributed by atoms with E-state index in [2.05, 4.69) is 34.2 Å². The first kappa shape index (κ1) is 14.1. The highest BCUT2D eigenvalue weighted by molar-refractivity contribution is 9.10. The first-order valence-corrected chi connectivity index (χ1v) is 7.33. The highest BCUT2D eigenvalue weighted by Crippen LogP contribution is 2.32. The zero-order valence-corrected chi connectivity index (χ0v) is 12.5. The fraction of sp³-hybridized carbons (Fsp3) is 0.467. The summed E-state index contributed by atoms with van der Waals surface area (Å²) < 4.78 is 0.935. The molecule has 0 aromatic heterocycles. The highest BCUT2D eigenvalue weighted by Gasteiger charge is 2.36. The Balaban J connectivity index is 2.12. The topological polar surface area (TPSA) is 52.9 Å². The van der Waals surface area contributed by atoms with Gasteiger partial charge in [0.05, 0.1) is 6.07 Å². The molecule has 1 fully saturated rings. The molecule has 2 rings (SSSR count). The zero-order valence-electron chi connectivity index (χ0n) is 10.9. The van der Waals surface area contributed by atoms with Gasteiger partial charge < -0.3 is 5.32 Å². The molecule has 0 aliphatic heterocycles. The number of nitrogens with zero attached hydrogens (tertiary/aromatic N) is 1. The average molecular weight is 321 g/mol. The number of carbonyl (C=O) groups excluding carboxylic acids is 1. The van der Waals surface area contributed by atoms with Gasteiger partial charge in [0, 0.05) is 10.0 Å². The van der Waals surface area contributed by atoms with Gasteiger partial charge in [-0.25, -0.2) is 0 Å². The van der Waals surface area contributed by atoms with Crippen molar-refractivity contribution in [1.82, 2.24) is 5.32 Å². The molecule has 1 N–H and O–H groups in total. The third kappa shape index (κ3) is 3.36. The number of hydrogen-bond donors (Lipinski definition) is 1. The Kier molecular flexibility index (Phi) is 4.26. The third-order valence-corrected chi connectivity index (χ3v) is 4.20. The molecule has 1 aliphatic rings. The monoisotopic (exact) mass is 320 g/mol. The predicted molar refractivity (Wildman–Crippen MR) is 77.6 cm³/mol. The molecule has 100 valence electrons. The molecule has 3 nitrogen and oxygen atoms in total. The van der Waals surface area contributed by atoms with Crippen molar-refractivity contribution in [2.24, 2.45) is 5.92 Å². The van der Waals surface area contributed by atoms with Crippen LogP contribution in [-0.4, -0.2) is 11.4 Å². The van der Waals surface area contributed by atoms with E-state index in [0.717, 1.165) is 30.2 Å². The van der Waals surface area contributed by atoms with Crippen LogP contribution in [0.2, 0.25) is 0 Å². The SMILES string of the molecule is CC1CCCC(C#N)(NC(=O)c2ccc(Br)cc2)C1. The molecule has 19 heavy (non-hydrogen) atoms. The van der Waals surface area contributed by atoms with Crippen LogP contribution in [0.3, 0.4) is 0 Å². The Hall–Kier alpha value is -1.34. The van der Waals surface area contributed by atoms with Crippen molar-refractivity contribution in [2.75, 3.05) is 0 Å². The molecule has 0 radical (unpaired) electrons. The second-order valence-corrected chi connectivity index (χ2v) is 6.27. The van der Waals surface area contributed by atoms with Crippen LogP contribution in [0.5, 0.6) is 0 Å². The summed E-state index contributed by atoms with van der Waals surface area (Å²) in [5.41, 5.74) is -0.0991. The van der Waals surface area contributed by atoms with Gasteiger partial charge >= 0.3 is 0 Å². The molecule has 0 saturated heterocycles. The lowest BCUT2D eigenvalue weighted by Gasteiger charge is -2.35. The minimum atomic E-state index is -0.693. The van der Waals surface area contributed by atoms with E-state index in [4.69, 9.17) is 0 Å². The minimum absolute atomic E-state index is 0.164. The standard InChI is InChI=1S/C15H17BrN2O/c1-11-3-2-8-15(9-11,10-17)18-14(19)12-4-6-13(16)7-5-12/h4-7,11H,2-3,8-9H2,1H3,(H,18,19). The second kappa shape index (κ2) is 5.75. The van der Waals surface area contributed by atoms with Gasteiger partial charge in [-0.1, -0.05) is 29.3 Å². The summed E-state index contributed by atoms with van der Waals surface area (Å²) in [6.45, 7) is 2.14. The lowest BCUT2D eigenvalue weighted by Crippen LogP contribution is -2.50. The van der Waals surface area contributed by atoms with Crippen LogP contribution >= 0.6 is 15.9 Å². The smallest absolute Gasteiger partial charge is 0.252 e. The Morgan fingerprint density at radius 1 is 1.47 bits per heavy atom. The van der Waals surface area contributed by atoms with Gasteiger partial charge in [-0.3, -0.25) is 4.79 Å². The van der Waals surface area contributed by atoms with Gasteiger partial charge in [-0.2, -0.15) is 5.26 Å². The number of hydrogen-bond acceptors (Lipinski definition) is 2. The van der Waals surface area contributed by atoms with E-state index >= 15 is 0 Å². The van der Waals surface area contributed by atoms with Crippen LogP contribution in [0.1, 0.15) is 43.0 Å². The van der Waals surface area contributed by atoms with Gasteiger partial charge in [-0.05, 0) is 49.4 Å². The maximum Gasteiger partial charge on any atom is 0.252 e. The normalized spacial score (nSPS) is 26.5. The molecule has 2 unspecified atom stereocenters. The van der Waals surface area contributed by atoms with E-state index < -0.39 is 5.54 Å². The number of benzene rings is 1. The van der Waals surface area contributed by atoms with E-state index in [1.165, 1.54) is 0 Å². The fourth-order valence-electron chi connectivity index (χ4n) is 2.69. The van der Waals surface area contributed by atoms with Crippen LogP contribution in [0.25, 0.3) is 0 Å². The maximum absolute atomic E-state index is 12.2. The van der Waals surface area contributed by atoms with Crippen molar-refractivity contribution in [3.05, 3.63) is 34.3 Å². The third-order valence-electron chi connectivity index (χ3n) is 3.67. The molecule has 1 aromatic rings. The fourth-order valence-corrected chi connectivity index (χ4v) is 2.95. The molecule has 1 saturated carbocycles. The molecule has 0 spiro atoms. The molecule has 1 amide bonds. The summed E-state index contributed by atoms with van der Waals surface area (Å²) in [5.74, 6) is 0.321. The summed E-state index contributed by atoms with van der Waals surface area (Å²) in [7, 11) is 0. The van der Waals surface area contributed by atoms with Crippen LogP contribution in [0.4, 0.5) is 0 Å². The molecule has 0 bridgehead atoms. The van der Waals surface area contributed by atoms with Gasteiger partial charge in [-0.15, -0.1) is 0 Å². The Morgan fingerprint density at radius 2 is 2.16 bits per heavy atom. The van der Waals surface area contributed by atoms with E-state index in [0.29, 0.717) is 11.5 Å². The largest absolute Gasteiger partial charge is 0.334 e. The highest BCUT2D eigenvalue weighted by atomic mass is 79.9. The molecular weight excluding hydrogens is 304 g/mol. The molecule has 1 aromatic carbocycles. The minimum Gasteiger partial charge on any atom is -0.334 e. The first-order valence-electron chi connectivity index (χ1n) is 6.54. The Labute approximate surface area is 122 Å². The van der Waals surface area contributed by atoms with Crippen molar-refractivity contribution < 1.29 is 4.79 Å². The number of nitrogens with one attached hydrogen (secondary N) is 1. The number of nitriles is 1. The lowest BCUT2D eigenvalue weighted by molar-refractivity contribution is 0.0890. The Morgan fingerprint density at radius 3 is 2.74 bits per heavy atom. The van der Waals surface area contributed by atoms with E-state index in [1.54, 1.807) is 12.1 Å². The van der Waals surface area contributed by atoms with Gasteiger partial charge in [0.15, 0.2) is 0 Å². The summed E-state index contributed by atoms with van der Waals surface area (Å²) in [4.78, 5) is 12.2. The summed E-state index contributed by atoms with van der Waals surface area (Å²) >= 11 is 3.34. The average Bonchev–Trinajstić information content (AvgIpc) is 2.39. The van der Waals surface area contributed by atoms with Gasteiger partial charge in [0.1, 0.15) is 5.54 Å². The Bertz CT molecular complexity index is 506. The van der Waals surface area contributed by atoms with E-state index in [-0.39, 0.29) is 5.91 Å². The first-order chi connectivity index (χ1) is 9.04. The van der Waals surface area contributed by atoms with Crippen molar-refractivity contribution in [1.29, 1.82) is 5.26 Å². The zero-order chi connectivity index (χ0) is 13.9. The van der Waals surface area contributed by atoms with Crippen molar-refractivity contribution in [2.45, 2.75) is 38.1 Å². The van der Waals surface area contributed by atoms with E-state index in [1.807, 2.05) is 12.1 Å². The molecule has 4 heteroatoms. The van der Waals surface area contributed by atoms with Crippen molar-refractivity contribution in [3.8, 4) is 6.07 Å². The predicted octanol–water partition coefficient (Wildman–Crippen LogP) is 3.65. The molecule has 0 heterocycles. The maximum atomic E-state index is 12.2. The lowest BCUT2D eigenvalue weighted by atomic mass is 9.77. The van der Waals surface area contributed by atoms with Crippen LogP contribution in [0.15, 0.2) is 28.7 Å². The summed E-state index contributed by atoms with van der Waals surface area (Å²) in [6, 6.07) is 9.50. The number of carbonyl (C=O) groups is 1. The summed E-state index contributed by atoms with van der Waals surface area (Å²) in [5, 5.41) is 12.4. The van der Waals surface area contributed by atoms with Gasteiger partial charge in [0.2, 0.25) is 0 Å². The molecular formula is C15H17BrN2O. The van der Waals surface area contributed by atoms with Crippen LogP contribution in [0, 0.1) is 17.2 Å². The van der Waals surface area contributed by atoms with Crippen LogP contribution < -0.4 is 5.32 Å². The van der Waals surface area contributed by atoms with Gasteiger partial charge in [0.25, 0.3) is 5.91 Å². The molecule has 1 aliphatic carbocycles. The number of halogens is 1. The number of amides is 1. The number of rotatable bonds is 2. The molecule has 2 atom stereocenters. The van der Waals surface area contributed by atoms with Crippen molar-refractivity contribution >= 4 is 21.8 Å². The summed E-state index contributed by atoms with van der Waals surface area (Å²) in [6.07, 6.45) is 3.62. The van der Waals surface area contributed by atoms with E-state index in [9.17, 15) is 10.1 Å². The van der Waals surface area contributed by atoms with Crippen molar-refractivity contribution in [3.63, 3.8) is 0 Å². The quantitative estimate of drug-likeness (QED) is 0.904. The van der Waals surface area contributed by atoms with Crippen LogP contribution in [-0.2, 0) is 0 Å².